The Kier molecular flexibility index (Phi) is 3.95. The van der Waals surface area contributed by atoms with Gasteiger partial charge < -0.3 is 10.4 Å². The van der Waals surface area contributed by atoms with Crippen LogP contribution in [0.3, 0.4) is 0 Å². The number of rotatable bonds is 5. The molecule has 0 radical (unpaired) electrons. The van der Waals surface area contributed by atoms with Gasteiger partial charge >= 0.3 is 5.97 Å². The molecule has 2 bridgehead atoms. The lowest BCUT2D eigenvalue weighted by molar-refractivity contribution is -0.138. The van der Waals surface area contributed by atoms with E-state index in [1.54, 1.807) is 12.1 Å². The van der Waals surface area contributed by atoms with E-state index in [0.29, 0.717) is 5.92 Å². The average Bonchev–Trinajstić information content (AvgIpc) is 3.11. The summed E-state index contributed by atoms with van der Waals surface area (Å²) >= 11 is 0. The lowest BCUT2D eigenvalue weighted by Gasteiger charge is -2.22. The maximum atomic E-state index is 12.3. The molecule has 3 rings (SSSR count). The molecule has 1 aromatic rings. The zero-order chi connectivity index (χ0) is 14.8. The molecule has 2 fully saturated rings. The average molecular weight is 287 g/mol. The third kappa shape index (κ3) is 2.94. The fraction of sp³-hybridized carbons (Fsp3) is 0.529. The first-order chi connectivity index (χ1) is 10.1. The van der Waals surface area contributed by atoms with Crippen LogP contribution in [0.4, 0.5) is 0 Å². The van der Waals surface area contributed by atoms with E-state index in [1.807, 2.05) is 18.2 Å². The second kappa shape index (κ2) is 5.88. The highest BCUT2D eigenvalue weighted by molar-refractivity contribution is 5.81. The summed E-state index contributed by atoms with van der Waals surface area (Å²) in [5.41, 5.74) is 0.734. The molecule has 0 aliphatic heterocycles. The highest BCUT2D eigenvalue weighted by Gasteiger charge is 2.43. The van der Waals surface area contributed by atoms with Gasteiger partial charge in [-0.1, -0.05) is 36.8 Å². The molecule has 0 aromatic heterocycles. The first-order valence-electron chi connectivity index (χ1n) is 7.70. The molecule has 0 spiro atoms. The minimum Gasteiger partial charge on any atom is -0.481 e. The maximum absolute atomic E-state index is 12.3. The van der Waals surface area contributed by atoms with Gasteiger partial charge in [0.1, 0.15) is 0 Å². The molecule has 112 valence electrons. The van der Waals surface area contributed by atoms with Crippen molar-refractivity contribution in [2.24, 2.45) is 17.8 Å². The minimum absolute atomic E-state index is 0.0457. The van der Waals surface area contributed by atoms with Crippen molar-refractivity contribution in [1.82, 2.24) is 5.32 Å². The van der Waals surface area contributed by atoms with Crippen molar-refractivity contribution in [2.75, 3.05) is 6.54 Å². The molecule has 2 aliphatic rings. The Morgan fingerprint density at radius 3 is 2.52 bits per heavy atom. The SMILES string of the molecule is O=C(O)C(CNC(=O)C1CC2CCC1C2)c1ccccc1. The Hall–Kier alpha value is -1.84. The zero-order valence-corrected chi connectivity index (χ0v) is 12.0. The third-order valence-electron chi connectivity index (χ3n) is 5.06. The van der Waals surface area contributed by atoms with E-state index in [4.69, 9.17) is 0 Å². The lowest BCUT2D eigenvalue weighted by atomic mass is 9.88. The van der Waals surface area contributed by atoms with Crippen molar-refractivity contribution in [3.05, 3.63) is 35.9 Å². The van der Waals surface area contributed by atoms with Gasteiger partial charge in [-0.3, -0.25) is 9.59 Å². The van der Waals surface area contributed by atoms with Gasteiger partial charge in [0.2, 0.25) is 5.91 Å². The number of hydrogen-bond donors (Lipinski definition) is 2. The van der Waals surface area contributed by atoms with E-state index in [9.17, 15) is 14.7 Å². The minimum atomic E-state index is -0.894. The molecular formula is C17H21NO3. The van der Waals surface area contributed by atoms with E-state index in [1.165, 1.54) is 12.8 Å². The Morgan fingerprint density at radius 1 is 1.19 bits per heavy atom. The highest BCUT2D eigenvalue weighted by atomic mass is 16.4. The van der Waals surface area contributed by atoms with Crippen LogP contribution in [0, 0.1) is 17.8 Å². The Labute approximate surface area is 124 Å². The normalized spacial score (nSPS) is 28.3. The van der Waals surface area contributed by atoms with E-state index < -0.39 is 11.9 Å². The van der Waals surface area contributed by atoms with E-state index in [-0.39, 0.29) is 18.4 Å². The number of fused-ring (bicyclic) bond motifs is 2. The van der Waals surface area contributed by atoms with Gasteiger partial charge in [0.15, 0.2) is 0 Å². The quantitative estimate of drug-likeness (QED) is 0.874. The highest BCUT2D eigenvalue weighted by Crippen LogP contribution is 2.48. The van der Waals surface area contributed by atoms with Gasteiger partial charge in [0, 0.05) is 12.5 Å². The van der Waals surface area contributed by atoms with Gasteiger partial charge in [0.05, 0.1) is 5.92 Å². The molecule has 4 atom stereocenters. The number of amides is 1. The van der Waals surface area contributed by atoms with Crippen molar-refractivity contribution in [3.63, 3.8) is 0 Å². The summed E-state index contributed by atoms with van der Waals surface area (Å²) in [5, 5.41) is 12.2. The topological polar surface area (TPSA) is 66.4 Å². The van der Waals surface area contributed by atoms with Gasteiger partial charge in [-0.2, -0.15) is 0 Å². The van der Waals surface area contributed by atoms with E-state index in [2.05, 4.69) is 5.32 Å². The number of benzene rings is 1. The van der Waals surface area contributed by atoms with Crippen LogP contribution in [0.2, 0.25) is 0 Å². The zero-order valence-electron chi connectivity index (χ0n) is 12.0. The summed E-state index contributed by atoms with van der Waals surface area (Å²) in [6.45, 7) is 0.173. The first kappa shape index (κ1) is 14.1. The monoisotopic (exact) mass is 287 g/mol. The van der Waals surface area contributed by atoms with Crippen molar-refractivity contribution >= 4 is 11.9 Å². The summed E-state index contributed by atoms with van der Waals surface area (Å²) in [5.74, 6) is -0.174. The standard InChI is InChI=1S/C17H21NO3/c19-16(14-9-11-6-7-13(14)8-11)18-10-15(17(20)21)12-4-2-1-3-5-12/h1-5,11,13-15H,6-10H2,(H,18,19)(H,20,21). The summed E-state index contributed by atoms with van der Waals surface area (Å²) in [4.78, 5) is 23.7. The van der Waals surface area contributed by atoms with Crippen LogP contribution < -0.4 is 5.32 Å². The van der Waals surface area contributed by atoms with Gasteiger partial charge in [0.25, 0.3) is 0 Å². The largest absolute Gasteiger partial charge is 0.481 e. The number of carbonyl (C=O) groups is 2. The summed E-state index contributed by atoms with van der Waals surface area (Å²) in [7, 11) is 0. The lowest BCUT2D eigenvalue weighted by Crippen LogP contribution is -2.37. The number of nitrogens with one attached hydrogen (secondary N) is 1. The Balaban J connectivity index is 1.60. The van der Waals surface area contributed by atoms with Crippen LogP contribution in [-0.2, 0) is 9.59 Å². The number of carboxylic acids is 1. The molecule has 4 nitrogen and oxygen atoms in total. The van der Waals surface area contributed by atoms with Crippen molar-refractivity contribution < 1.29 is 14.7 Å². The van der Waals surface area contributed by atoms with Crippen LogP contribution in [0.15, 0.2) is 30.3 Å². The van der Waals surface area contributed by atoms with Crippen LogP contribution in [0.5, 0.6) is 0 Å². The summed E-state index contributed by atoms with van der Waals surface area (Å²) in [6, 6.07) is 9.09. The Bertz CT molecular complexity index is 528. The number of carbonyl (C=O) groups excluding carboxylic acids is 1. The fourth-order valence-electron chi connectivity index (χ4n) is 3.93. The van der Waals surface area contributed by atoms with Gasteiger partial charge in [-0.25, -0.2) is 0 Å². The van der Waals surface area contributed by atoms with Crippen molar-refractivity contribution in [1.29, 1.82) is 0 Å². The van der Waals surface area contributed by atoms with Crippen LogP contribution in [0.1, 0.15) is 37.2 Å². The third-order valence-corrected chi connectivity index (χ3v) is 5.06. The summed E-state index contributed by atoms with van der Waals surface area (Å²) < 4.78 is 0. The van der Waals surface area contributed by atoms with Gasteiger partial charge in [-0.05, 0) is 36.7 Å². The second-order valence-corrected chi connectivity index (χ2v) is 6.33. The van der Waals surface area contributed by atoms with Crippen LogP contribution in [0.25, 0.3) is 0 Å². The summed E-state index contributed by atoms with van der Waals surface area (Å²) in [6.07, 6.45) is 4.58. The molecule has 2 saturated carbocycles. The molecule has 21 heavy (non-hydrogen) atoms. The van der Waals surface area contributed by atoms with Gasteiger partial charge in [-0.15, -0.1) is 0 Å². The Morgan fingerprint density at radius 2 is 1.95 bits per heavy atom. The molecule has 2 N–H and O–H groups in total. The number of carboxylic acid groups (broad SMARTS) is 1. The van der Waals surface area contributed by atoms with Crippen LogP contribution in [-0.4, -0.2) is 23.5 Å². The molecule has 0 saturated heterocycles. The van der Waals surface area contributed by atoms with Crippen molar-refractivity contribution in [2.45, 2.75) is 31.6 Å². The molecule has 4 unspecified atom stereocenters. The molecule has 4 heteroatoms. The molecular weight excluding hydrogens is 266 g/mol. The molecule has 1 amide bonds. The molecule has 2 aliphatic carbocycles. The first-order valence-corrected chi connectivity index (χ1v) is 7.70. The number of hydrogen-bond acceptors (Lipinski definition) is 2. The maximum Gasteiger partial charge on any atom is 0.312 e. The molecule has 0 heterocycles. The number of aliphatic carboxylic acids is 1. The predicted molar refractivity (Wildman–Crippen MR) is 78.8 cm³/mol. The predicted octanol–water partition coefficient (Wildman–Crippen LogP) is 2.41. The van der Waals surface area contributed by atoms with Crippen molar-refractivity contribution in [3.8, 4) is 0 Å². The molecule has 1 aromatic carbocycles. The second-order valence-electron chi connectivity index (χ2n) is 6.33. The fourth-order valence-corrected chi connectivity index (χ4v) is 3.93. The smallest absolute Gasteiger partial charge is 0.312 e. The van der Waals surface area contributed by atoms with E-state index >= 15 is 0 Å². The van der Waals surface area contributed by atoms with Crippen LogP contribution >= 0.6 is 0 Å². The van der Waals surface area contributed by atoms with E-state index in [0.717, 1.165) is 24.3 Å².